The zero-order chi connectivity index (χ0) is 27.1. The summed E-state index contributed by atoms with van der Waals surface area (Å²) in [5, 5.41) is 5.49. The smallest absolute Gasteiger partial charge is 0.408 e. The van der Waals surface area contributed by atoms with E-state index in [1.54, 1.807) is 20.8 Å². The predicted octanol–water partition coefficient (Wildman–Crippen LogP) is 3.35. The van der Waals surface area contributed by atoms with E-state index in [4.69, 9.17) is 10.5 Å². The minimum atomic E-state index is -1.13. The molecule has 35 heavy (non-hydrogen) atoms. The monoisotopic (exact) mass is 490 g/mol. The molecule has 0 spiro atoms. The number of primary amides is 1. The Balaban J connectivity index is 3.54. The van der Waals surface area contributed by atoms with Gasteiger partial charge in [0.15, 0.2) is 0 Å². The first-order valence-electron chi connectivity index (χ1n) is 11.9. The zero-order valence-electron chi connectivity index (χ0n) is 22.5. The van der Waals surface area contributed by atoms with Gasteiger partial charge in [-0.2, -0.15) is 0 Å². The van der Waals surface area contributed by atoms with Crippen LogP contribution in [0.15, 0.2) is 24.3 Å². The molecule has 2 atom stereocenters. The van der Waals surface area contributed by atoms with Gasteiger partial charge in [-0.3, -0.25) is 14.4 Å². The fraction of sp³-hybridized carbons (Fsp3) is 0.615. The highest BCUT2D eigenvalue weighted by Crippen LogP contribution is 2.31. The van der Waals surface area contributed by atoms with Crippen molar-refractivity contribution in [3.8, 4) is 0 Å². The molecule has 4 amide bonds. The molecule has 1 rings (SSSR count). The summed E-state index contributed by atoms with van der Waals surface area (Å²) >= 11 is 0. The van der Waals surface area contributed by atoms with Crippen molar-refractivity contribution in [1.82, 2.24) is 15.5 Å². The van der Waals surface area contributed by atoms with Crippen LogP contribution in [-0.4, -0.2) is 51.9 Å². The van der Waals surface area contributed by atoms with Gasteiger partial charge in [0.05, 0.1) is 0 Å². The molecule has 1 aromatic carbocycles. The van der Waals surface area contributed by atoms with E-state index in [0.29, 0.717) is 5.56 Å². The van der Waals surface area contributed by atoms with Crippen LogP contribution < -0.4 is 16.4 Å². The molecule has 9 nitrogen and oxygen atoms in total. The molecule has 0 aromatic heterocycles. The van der Waals surface area contributed by atoms with E-state index in [1.807, 2.05) is 65.8 Å². The van der Waals surface area contributed by atoms with Crippen LogP contribution in [0.25, 0.3) is 0 Å². The van der Waals surface area contributed by atoms with Crippen LogP contribution in [0.1, 0.15) is 85.4 Å². The van der Waals surface area contributed by atoms with Gasteiger partial charge >= 0.3 is 6.09 Å². The number of nitrogens with zero attached hydrogens (tertiary/aromatic N) is 1. The van der Waals surface area contributed by atoms with E-state index in [-0.39, 0.29) is 24.8 Å². The molecule has 0 saturated heterocycles. The highest BCUT2D eigenvalue weighted by molar-refractivity contribution is 5.93. The Morgan fingerprint density at radius 2 is 1.51 bits per heavy atom. The van der Waals surface area contributed by atoms with Crippen LogP contribution >= 0.6 is 0 Å². The number of benzene rings is 1. The van der Waals surface area contributed by atoms with E-state index in [9.17, 15) is 19.2 Å². The lowest BCUT2D eigenvalue weighted by Gasteiger charge is -2.43. The van der Waals surface area contributed by atoms with E-state index >= 15 is 0 Å². The van der Waals surface area contributed by atoms with Crippen molar-refractivity contribution >= 4 is 23.8 Å². The molecular formula is C26H42N4O5. The van der Waals surface area contributed by atoms with Crippen molar-refractivity contribution in [3.05, 3.63) is 35.4 Å². The van der Waals surface area contributed by atoms with Gasteiger partial charge in [-0.1, -0.05) is 29.8 Å². The molecule has 2 unspecified atom stereocenters. The number of aryl methyl sites for hydroxylation is 1. The largest absolute Gasteiger partial charge is 0.444 e. The molecule has 196 valence electrons. The molecule has 0 radical (unpaired) electrons. The SMILES string of the molecule is Cc1ccc(C(C(=O)NC(C)C)N(C(=O)C(CCC(N)=O)NC(=O)OC(C)(C)C)C(C)(C)C)cc1. The van der Waals surface area contributed by atoms with Crippen molar-refractivity contribution in [2.45, 2.75) is 104 Å². The van der Waals surface area contributed by atoms with Gasteiger partial charge in [-0.15, -0.1) is 0 Å². The van der Waals surface area contributed by atoms with Crippen molar-refractivity contribution in [2.75, 3.05) is 0 Å². The average Bonchev–Trinajstić information content (AvgIpc) is 2.66. The molecule has 0 fully saturated rings. The number of amides is 4. The Hall–Kier alpha value is -3.10. The zero-order valence-corrected chi connectivity index (χ0v) is 22.5. The van der Waals surface area contributed by atoms with Crippen molar-refractivity contribution in [3.63, 3.8) is 0 Å². The molecule has 0 aliphatic rings. The normalized spacial score (nSPS) is 13.5. The number of nitrogens with two attached hydrogens (primary N) is 1. The number of ether oxygens (including phenoxy) is 1. The van der Waals surface area contributed by atoms with Crippen LogP contribution in [0.4, 0.5) is 4.79 Å². The van der Waals surface area contributed by atoms with Crippen LogP contribution in [0.5, 0.6) is 0 Å². The van der Waals surface area contributed by atoms with E-state index < -0.39 is 41.1 Å². The standard InChI is InChI=1S/C26H42N4O5/c1-16(2)28-22(32)21(18-12-10-17(3)11-13-18)30(25(4,5)6)23(33)19(14-15-20(27)31)29-24(34)35-26(7,8)9/h10-13,16,19,21H,14-15H2,1-9H3,(H2,27,31)(H,28,32)(H,29,34). The summed E-state index contributed by atoms with van der Waals surface area (Å²) in [7, 11) is 0. The summed E-state index contributed by atoms with van der Waals surface area (Å²) in [6.45, 7) is 16.2. The number of nitrogens with one attached hydrogen (secondary N) is 2. The fourth-order valence-electron chi connectivity index (χ4n) is 3.54. The van der Waals surface area contributed by atoms with E-state index in [0.717, 1.165) is 5.56 Å². The second-order valence-corrected chi connectivity index (χ2v) is 11.1. The summed E-state index contributed by atoms with van der Waals surface area (Å²) in [6.07, 6.45) is -0.961. The van der Waals surface area contributed by atoms with Gasteiger partial charge in [0.25, 0.3) is 0 Å². The number of carbonyl (C=O) groups is 4. The number of carbonyl (C=O) groups excluding carboxylic acids is 4. The summed E-state index contributed by atoms with van der Waals surface area (Å²) in [5.74, 6) is -1.48. The fourth-order valence-corrected chi connectivity index (χ4v) is 3.54. The maximum atomic E-state index is 14.0. The molecule has 9 heteroatoms. The Bertz CT molecular complexity index is 898. The second-order valence-electron chi connectivity index (χ2n) is 11.1. The minimum Gasteiger partial charge on any atom is -0.444 e. The molecule has 0 aliphatic carbocycles. The molecule has 0 bridgehead atoms. The molecule has 4 N–H and O–H groups in total. The molecule has 0 aliphatic heterocycles. The first kappa shape index (κ1) is 29.9. The summed E-state index contributed by atoms with van der Waals surface area (Å²) in [6, 6.07) is 5.12. The third-order valence-corrected chi connectivity index (χ3v) is 4.96. The van der Waals surface area contributed by atoms with E-state index in [2.05, 4.69) is 10.6 Å². The first-order valence-corrected chi connectivity index (χ1v) is 11.9. The minimum absolute atomic E-state index is 0.0353. The van der Waals surface area contributed by atoms with E-state index in [1.165, 1.54) is 4.90 Å². The average molecular weight is 491 g/mol. The third kappa shape index (κ3) is 9.96. The Morgan fingerprint density at radius 3 is 1.94 bits per heavy atom. The van der Waals surface area contributed by atoms with Crippen LogP contribution in [0.3, 0.4) is 0 Å². The lowest BCUT2D eigenvalue weighted by molar-refractivity contribution is -0.148. The van der Waals surface area contributed by atoms with Crippen LogP contribution in [0, 0.1) is 6.92 Å². The molecular weight excluding hydrogens is 448 g/mol. The van der Waals surface area contributed by atoms with Gasteiger partial charge in [-0.05, 0) is 74.3 Å². The van der Waals surface area contributed by atoms with Crippen molar-refractivity contribution < 1.29 is 23.9 Å². The quantitative estimate of drug-likeness (QED) is 0.489. The molecule has 0 saturated carbocycles. The lowest BCUT2D eigenvalue weighted by Crippen LogP contribution is -2.59. The summed E-state index contributed by atoms with van der Waals surface area (Å²) in [4.78, 5) is 53.0. The lowest BCUT2D eigenvalue weighted by atomic mass is 9.94. The number of alkyl carbamates (subject to hydrolysis) is 1. The number of hydrogen-bond donors (Lipinski definition) is 3. The summed E-state index contributed by atoms with van der Waals surface area (Å²) in [5.41, 5.74) is 5.37. The highest BCUT2D eigenvalue weighted by Gasteiger charge is 2.42. The van der Waals surface area contributed by atoms with Gasteiger partial charge in [0, 0.05) is 18.0 Å². The van der Waals surface area contributed by atoms with Crippen LogP contribution in [0.2, 0.25) is 0 Å². The van der Waals surface area contributed by atoms with Crippen molar-refractivity contribution in [2.24, 2.45) is 5.73 Å². The highest BCUT2D eigenvalue weighted by atomic mass is 16.6. The van der Waals surface area contributed by atoms with Gasteiger partial charge < -0.3 is 26.0 Å². The van der Waals surface area contributed by atoms with Crippen LogP contribution in [-0.2, 0) is 19.1 Å². The van der Waals surface area contributed by atoms with Gasteiger partial charge in [0.2, 0.25) is 17.7 Å². The molecule has 0 heterocycles. The Kier molecular flexibility index (Phi) is 10.3. The van der Waals surface area contributed by atoms with Gasteiger partial charge in [0.1, 0.15) is 17.7 Å². The molecule has 1 aromatic rings. The number of hydrogen-bond acceptors (Lipinski definition) is 5. The second kappa shape index (κ2) is 12.0. The maximum Gasteiger partial charge on any atom is 0.408 e. The topological polar surface area (TPSA) is 131 Å². The van der Waals surface area contributed by atoms with Crippen molar-refractivity contribution in [1.29, 1.82) is 0 Å². The van der Waals surface area contributed by atoms with Gasteiger partial charge in [-0.25, -0.2) is 4.79 Å². The Labute approximate surface area is 209 Å². The Morgan fingerprint density at radius 1 is 0.971 bits per heavy atom. The first-order chi connectivity index (χ1) is 15.9. The summed E-state index contributed by atoms with van der Waals surface area (Å²) < 4.78 is 5.33. The maximum absolute atomic E-state index is 14.0. The third-order valence-electron chi connectivity index (χ3n) is 4.96. The predicted molar refractivity (Wildman–Crippen MR) is 135 cm³/mol. The number of rotatable bonds is 9.